The fourth-order valence-corrected chi connectivity index (χ4v) is 0.928. The van der Waals surface area contributed by atoms with Crippen molar-refractivity contribution in [3.63, 3.8) is 0 Å². The van der Waals surface area contributed by atoms with Gasteiger partial charge in [0, 0.05) is 7.11 Å². The second kappa shape index (κ2) is 4.42. The van der Waals surface area contributed by atoms with Gasteiger partial charge in [0.25, 0.3) is 0 Å². The second-order valence-corrected chi connectivity index (χ2v) is 3.50. The maximum absolute atomic E-state index is 10.6. The Labute approximate surface area is 72.2 Å². The van der Waals surface area contributed by atoms with Crippen LogP contribution in [0.1, 0.15) is 20.3 Å². The number of hydrogen-bond donors (Lipinski definition) is 2. The SMILES string of the molecule is COCC(O)CC(C)(C)C(=O)O. The monoisotopic (exact) mass is 176 g/mol. The molecule has 2 N–H and O–H groups in total. The molecule has 0 aromatic heterocycles. The number of methoxy groups -OCH3 is 1. The Morgan fingerprint density at radius 3 is 2.42 bits per heavy atom. The first-order valence-corrected chi connectivity index (χ1v) is 3.80. The van der Waals surface area contributed by atoms with Crippen molar-refractivity contribution in [3.8, 4) is 0 Å². The van der Waals surface area contributed by atoms with Crippen molar-refractivity contribution in [2.75, 3.05) is 13.7 Å². The summed E-state index contributed by atoms with van der Waals surface area (Å²) in [5, 5.41) is 18.0. The topological polar surface area (TPSA) is 66.8 Å². The van der Waals surface area contributed by atoms with Gasteiger partial charge >= 0.3 is 5.97 Å². The van der Waals surface area contributed by atoms with Crippen LogP contribution in [0, 0.1) is 5.41 Å². The molecule has 0 aliphatic carbocycles. The van der Waals surface area contributed by atoms with Crippen molar-refractivity contribution in [2.24, 2.45) is 5.41 Å². The average Bonchev–Trinajstić information content (AvgIpc) is 1.85. The zero-order valence-electron chi connectivity index (χ0n) is 7.70. The van der Waals surface area contributed by atoms with E-state index in [1.54, 1.807) is 13.8 Å². The normalized spacial score (nSPS) is 14.3. The Bertz CT molecular complexity index is 153. The molecule has 12 heavy (non-hydrogen) atoms. The lowest BCUT2D eigenvalue weighted by molar-refractivity contribution is -0.149. The fraction of sp³-hybridized carbons (Fsp3) is 0.875. The summed E-state index contributed by atoms with van der Waals surface area (Å²) in [5.74, 6) is -0.905. The summed E-state index contributed by atoms with van der Waals surface area (Å²) in [4.78, 5) is 10.6. The second-order valence-electron chi connectivity index (χ2n) is 3.50. The van der Waals surface area contributed by atoms with Gasteiger partial charge in [0.15, 0.2) is 0 Å². The molecular weight excluding hydrogens is 160 g/mol. The van der Waals surface area contributed by atoms with Gasteiger partial charge in [0.2, 0.25) is 0 Å². The Morgan fingerprint density at radius 2 is 2.08 bits per heavy atom. The molecule has 0 amide bonds. The first-order chi connectivity index (χ1) is 5.40. The molecule has 0 saturated carbocycles. The maximum atomic E-state index is 10.6. The van der Waals surface area contributed by atoms with E-state index in [2.05, 4.69) is 4.74 Å². The highest BCUT2D eigenvalue weighted by Gasteiger charge is 2.29. The van der Waals surface area contributed by atoms with E-state index in [9.17, 15) is 9.90 Å². The lowest BCUT2D eigenvalue weighted by Gasteiger charge is -2.21. The summed E-state index contributed by atoms with van der Waals surface area (Å²) in [6.45, 7) is 3.33. The third kappa shape index (κ3) is 3.69. The van der Waals surface area contributed by atoms with Gasteiger partial charge in [-0.05, 0) is 20.3 Å². The standard InChI is InChI=1S/C8H16O4/c1-8(2,7(10)11)4-6(9)5-12-3/h6,9H,4-5H2,1-3H3,(H,10,11). The van der Waals surface area contributed by atoms with Crippen molar-refractivity contribution < 1.29 is 19.7 Å². The van der Waals surface area contributed by atoms with Crippen LogP contribution in [0.2, 0.25) is 0 Å². The van der Waals surface area contributed by atoms with Crippen molar-refractivity contribution in [3.05, 3.63) is 0 Å². The van der Waals surface area contributed by atoms with E-state index < -0.39 is 17.5 Å². The minimum Gasteiger partial charge on any atom is -0.481 e. The minimum atomic E-state index is -0.905. The van der Waals surface area contributed by atoms with Crippen LogP contribution in [0.15, 0.2) is 0 Å². The van der Waals surface area contributed by atoms with E-state index in [1.807, 2.05) is 0 Å². The summed E-state index contributed by atoms with van der Waals surface area (Å²) in [6, 6.07) is 0. The van der Waals surface area contributed by atoms with Crippen LogP contribution in [-0.4, -0.2) is 36.0 Å². The molecule has 0 aliphatic heterocycles. The van der Waals surface area contributed by atoms with Crippen molar-refractivity contribution in [2.45, 2.75) is 26.4 Å². The van der Waals surface area contributed by atoms with E-state index in [0.29, 0.717) is 0 Å². The fourth-order valence-electron chi connectivity index (χ4n) is 0.928. The first kappa shape index (κ1) is 11.4. The number of aliphatic hydroxyl groups excluding tert-OH is 1. The smallest absolute Gasteiger partial charge is 0.309 e. The molecule has 4 nitrogen and oxygen atoms in total. The molecule has 0 heterocycles. The number of rotatable bonds is 5. The zero-order valence-corrected chi connectivity index (χ0v) is 7.70. The summed E-state index contributed by atoms with van der Waals surface area (Å²) in [5.41, 5.74) is -0.891. The predicted octanol–water partition coefficient (Wildman–Crippen LogP) is 0.495. The molecule has 72 valence electrons. The zero-order chi connectivity index (χ0) is 9.78. The van der Waals surface area contributed by atoms with Gasteiger partial charge in [-0.3, -0.25) is 4.79 Å². The Balaban J connectivity index is 3.96. The molecule has 1 atom stereocenters. The lowest BCUT2D eigenvalue weighted by Crippen LogP contribution is -2.30. The molecule has 0 aromatic rings. The van der Waals surface area contributed by atoms with Crippen LogP contribution in [0.3, 0.4) is 0 Å². The molecule has 0 rings (SSSR count). The Morgan fingerprint density at radius 1 is 1.58 bits per heavy atom. The number of hydrogen-bond acceptors (Lipinski definition) is 3. The van der Waals surface area contributed by atoms with Crippen molar-refractivity contribution in [1.82, 2.24) is 0 Å². The lowest BCUT2D eigenvalue weighted by atomic mass is 9.87. The number of ether oxygens (including phenoxy) is 1. The van der Waals surface area contributed by atoms with Crippen LogP contribution < -0.4 is 0 Å². The molecule has 0 fully saturated rings. The summed E-state index contributed by atoms with van der Waals surface area (Å²) in [7, 11) is 1.47. The van der Waals surface area contributed by atoms with Gasteiger partial charge in [-0.1, -0.05) is 0 Å². The number of carbonyl (C=O) groups is 1. The molecule has 0 bridgehead atoms. The summed E-state index contributed by atoms with van der Waals surface area (Å²) < 4.78 is 4.69. The van der Waals surface area contributed by atoms with Crippen molar-refractivity contribution in [1.29, 1.82) is 0 Å². The van der Waals surface area contributed by atoms with Crippen LogP contribution in [0.5, 0.6) is 0 Å². The molecule has 0 spiro atoms. The van der Waals surface area contributed by atoms with Gasteiger partial charge in [0.05, 0.1) is 18.1 Å². The number of carboxylic acid groups (broad SMARTS) is 1. The molecule has 0 saturated heterocycles. The van der Waals surface area contributed by atoms with Gasteiger partial charge in [-0.2, -0.15) is 0 Å². The first-order valence-electron chi connectivity index (χ1n) is 3.80. The largest absolute Gasteiger partial charge is 0.481 e. The van der Waals surface area contributed by atoms with Crippen LogP contribution in [0.25, 0.3) is 0 Å². The highest BCUT2D eigenvalue weighted by molar-refractivity contribution is 5.73. The molecule has 0 aromatic carbocycles. The highest BCUT2D eigenvalue weighted by atomic mass is 16.5. The van der Waals surface area contributed by atoms with E-state index >= 15 is 0 Å². The van der Waals surface area contributed by atoms with E-state index in [4.69, 9.17) is 5.11 Å². The van der Waals surface area contributed by atoms with Crippen LogP contribution in [0.4, 0.5) is 0 Å². The summed E-state index contributed by atoms with van der Waals surface area (Å²) in [6.07, 6.45) is -0.503. The van der Waals surface area contributed by atoms with Crippen LogP contribution in [-0.2, 0) is 9.53 Å². The van der Waals surface area contributed by atoms with Gasteiger partial charge in [-0.25, -0.2) is 0 Å². The third-order valence-electron chi connectivity index (χ3n) is 1.68. The predicted molar refractivity (Wildman–Crippen MR) is 43.9 cm³/mol. The summed E-state index contributed by atoms with van der Waals surface area (Å²) >= 11 is 0. The van der Waals surface area contributed by atoms with Gasteiger partial charge < -0.3 is 14.9 Å². The molecular formula is C8H16O4. The van der Waals surface area contributed by atoms with E-state index in [1.165, 1.54) is 7.11 Å². The Kier molecular flexibility index (Phi) is 4.20. The molecule has 4 heteroatoms. The average molecular weight is 176 g/mol. The number of aliphatic carboxylic acids is 1. The third-order valence-corrected chi connectivity index (χ3v) is 1.68. The van der Waals surface area contributed by atoms with Gasteiger partial charge in [-0.15, -0.1) is 0 Å². The number of aliphatic hydroxyl groups is 1. The Hall–Kier alpha value is -0.610. The van der Waals surface area contributed by atoms with Gasteiger partial charge in [0.1, 0.15) is 0 Å². The molecule has 0 aliphatic rings. The van der Waals surface area contributed by atoms with Crippen molar-refractivity contribution >= 4 is 5.97 Å². The number of carboxylic acids is 1. The maximum Gasteiger partial charge on any atom is 0.309 e. The molecule has 1 unspecified atom stereocenters. The highest BCUT2D eigenvalue weighted by Crippen LogP contribution is 2.22. The quantitative estimate of drug-likeness (QED) is 0.640. The van der Waals surface area contributed by atoms with E-state index in [0.717, 1.165) is 0 Å². The van der Waals surface area contributed by atoms with Crippen LogP contribution >= 0.6 is 0 Å². The molecule has 0 radical (unpaired) electrons. The van der Waals surface area contributed by atoms with E-state index in [-0.39, 0.29) is 13.0 Å². The minimum absolute atomic E-state index is 0.177.